The molecule has 160 valence electrons. The Morgan fingerprint density at radius 1 is 0.969 bits per heavy atom. The number of carbonyl (C=O) groups excluding carboxylic acids is 2. The molecule has 0 atom stereocenters. The van der Waals surface area contributed by atoms with Gasteiger partial charge in [0.1, 0.15) is 22.7 Å². The van der Waals surface area contributed by atoms with Crippen molar-refractivity contribution in [3.63, 3.8) is 0 Å². The third-order valence-corrected chi connectivity index (χ3v) is 4.70. The van der Waals surface area contributed by atoms with Crippen molar-refractivity contribution in [3.8, 4) is 17.1 Å². The molecule has 1 aromatic heterocycles. The van der Waals surface area contributed by atoms with E-state index in [0.29, 0.717) is 22.3 Å². The number of hydrogen-bond acceptors (Lipinski definition) is 7. The Hall–Kier alpha value is -4.46. The molecule has 8 heteroatoms. The van der Waals surface area contributed by atoms with Gasteiger partial charge in [-0.05, 0) is 37.3 Å². The molecule has 0 aliphatic rings. The van der Waals surface area contributed by atoms with Crippen LogP contribution in [0.25, 0.3) is 22.3 Å². The van der Waals surface area contributed by atoms with Gasteiger partial charge in [0.05, 0.1) is 17.1 Å². The number of carbonyl (C=O) groups is 2. The van der Waals surface area contributed by atoms with Crippen molar-refractivity contribution in [1.29, 1.82) is 0 Å². The van der Waals surface area contributed by atoms with Gasteiger partial charge in [-0.1, -0.05) is 30.3 Å². The van der Waals surface area contributed by atoms with Gasteiger partial charge in [0, 0.05) is 23.1 Å². The van der Waals surface area contributed by atoms with Crippen molar-refractivity contribution < 1.29 is 28.4 Å². The predicted octanol–water partition coefficient (Wildman–Crippen LogP) is 5.40. The topological polar surface area (TPSA) is 109 Å². The van der Waals surface area contributed by atoms with Crippen LogP contribution < -0.4 is 4.74 Å². The molecule has 32 heavy (non-hydrogen) atoms. The van der Waals surface area contributed by atoms with Crippen LogP contribution in [0.2, 0.25) is 0 Å². The first kappa shape index (κ1) is 20.8. The van der Waals surface area contributed by atoms with Gasteiger partial charge < -0.3 is 13.9 Å². The summed E-state index contributed by atoms with van der Waals surface area (Å²) in [5.41, 5.74) is 1.40. The zero-order valence-corrected chi connectivity index (χ0v) is 16.9. The van der Waals surface area contributed by atoms with Gasteiger partial charge in [-0.15, -0.1) is 0 Å². The summed E-state index contributed by atoms with van der Waals surface area (Å²) in [5, 5.41) is 11.2. The minimum Gasteiger partial charge on any atom is -0.462 e. The van der Waals surface area contributed by atoms with Gasteiger partial charge in [0.15, 0.2) is 0 Å². The zero-order valence-electron chi connectivity index (χ0n) is 16.9. The standard InChI is InChI=1S/C24H17NO7/c1-2-30-24(27)21-19-14-18(31-23(26)16-8-10-17(11-9-16)25(28)29)12-13-20(19)32-22(21)15-6-4-3-5-7-15/h3-14H,2H2,1H3. The van der Waals surface area contributed by atoms with Gasteiger partial charge in [-0.25, -0.2) is 9.59 Å². The summed E-state index contributed by atoms with van der Waals surface area (Å²) in [5.74, 6) is -0.697. The van der Waals surface area contributed by atoms with Gasteiger partial charge >= 0.3 is 11.9 Å². The number of nitro groups is 1. The lowest BCUT2D eigenvalue weighted by Crippen LogP contribution is -2.08. The first-order chi connectivity index (χ1) is 15.5. The van der Waals surface area contributed by atoms with E-state index < -0.39 is 16.9 Å². The number of non-ortho nitro benzene ring substituents is 1. The molecule has 3 aromatic carbocycles. The second-order valence-corrected chi connectivity index (χ2v) is 6.74. The van der Waals surface area contributed by atoms with Crippen LogP contribution in [0, 0.1) is 10.1 Å². The molecular weight excluding hydrogens is 414 g/mol. The number of fused-ring (bicyclic) bond motifs is 1. The predicted molar refractivity (Wildman–Crippen MR) is 116 cm³/mol. The Morgan fingerprint density at radius 2 is 1.69 bits per heavy atom. The summed E-state index contributed by atoms with van der Waals surface area (Å²) < 4.78 is 16.6. The van der Waals surface area contributed by atoms with Crippen LogP contribution in [0.15, 0.2) is 77.2 Å². The molecule has 0 bridgehead atoms. The molecule has 1 heterocycles. The fourth-order valence-corrected chi connectivity index (χ4v) is 3.22. The number of hydrogen-bond donors (Lipinski definition) is 0. The number of benzene rings is 3. The molecule has 0 saturated carbocycles. The number of ether oxygens (including phenoxy) is 2. The minimum atomic E-state index is -0.691. The van der Waals surface area contributed by atoms with E-state index in [1.165, 1.54) is 30.3 Å². The summed E-state index contributed by atoms with van der Waals surface area (Å²) >= 11 is 0. The Kier molecular flexibility index (Phi) is 5.67. The first-order valence-electron chi connectivity index (χ1n) is 9.73. The Morgan fingerprint density at radius 3 is 2.34 bits per heavy atom. The molecule has 0 aliphatic carbocycles. The van der Waals surface area contributed by atoms with Crippen molar-refractivity contribution in [2.45, 2.75) is 6.92 Å². The van der Waals surface area contributed by atoms with Gasteiger partial charge in [0.2, 0.25) is 0 Å². The van der Waals surface area contributed by atoms with Crippen LogP contribution in [-0.2, 0) is 4.74 Å². The monoisotopic (exact) mass is 431 g/mol. The number of esters is 2. The molecule has 0 saturated heterocycles. The average molecular weight is 431 g/mol. The molecule has 4 aromatic rings. The molecule has 4 rings (SSSR count). The van der Waals surface area contributed by atoms with E-state index >= 15 is 0 Å². The lowest BCUT2D eigenvalue weighted by molar-refractivity contribution is -0.384. The highest BCUT2D eigenvalue weighted by atomic mass is 16.6. The summed E-state index contributed by atoms with van der Waals surface area (Å²) in [6, 6.07) is 18.9. The maximum absolute atomic E-state index is 12.7. The average Bonchev–Trinajstić information content (AvgIpc) is 3.19. The van der Waals surface area contributed by atoms with E-state index in [2.05, 4.69) is 0 Å². The Bertz CT molecular complexity index is 1310. The quantitative estimate of drug-likeness (QED) is 0.174. The molecule has 0 fully saturated rings. The number of furan rings is 1. The number of nitro benzene ring substituents is 1. The zero-order chi connectivity index (χ0) is 22.7. The highest BCUT2D eigenvalue weighted by Crippen LogP contribution is 2.36. The van der Waals surface area contributed by atoms with E-state index in [0.717, 1.165) is 0 Å². The normalized spacial score (nSPS) is 10.7. The van der Waals surface area contributed by atoms with Gasteiger partial charge in [-0.2, -0.15) is 0 Å². The maximum Gasteiger partial charge on any atom is 0.343 e. The molecular formula is C24H17NO7. The van der Waals surface area contributed by atoms with Crippen molar-refractivity contribution in [2.24, 2.45) is 0 Å². The molecule has 0 N–H and O–H groups in total. The van der Waals surface area contributed by atoms with Crippen molar-refractivity contribution >= 4 is 28.6 Å². The van der Waals surface area contributed by atoms with Crippen LogP contribution in [0.1, 0.15) is 27.6 Å². The van der Waals surface area contributed by atoms with Gasteiger partial charge in [0.25, 0.3) is 5.69 Å². The van der Waals surface area contributed by atoms with Gasteiger partial charge in [-0.3, -0.25) is 10.1 Å². The van der Waals surface area contributed by atoms with Crippen LogP contribution in [0.3, 0.4) is 0 Å². The van der Waals surface area contributed by atoms with Crippen molar-refractivity contribution in [1.82, 2.24) is 0 Å². The van der Waals surface area contributed by atoms with E-state index in [9.17, 15) is 19.7 Å². The highest BCUT2D eigenvalue weighted by Gasteiger charge is 2.24. The van der Waals surface area contributed by atoms with E-state index in [1.807, 2.05) is 30.3 Å². The smallest absolute Gasteiger partial charge is 0.343 e. The summed E-state index contributed by atoms with van der Waals surface area (Å²) in [6.45, 7) is 1.90. The maximum atomic E-state index is 12.7. The number of rotatable bonds is 6. The second-order valence-electron chi connectivity index (χ2n) is 6.74. The molecule has 8 nitrogen and oxygen atoms in total. The lowest BCUT2D eigenvalue weighted by Gasteiger charge is -2.05. The first-order valence-corrected chi connectivity index (χ1v) is 9.73. The molecule has 0 unspecified atom stereocenters. The SMILES string of the molecule is CCOC(=O)c1c(-c2ccccc2)oc2ccc(OC(=O)c3ccc([N+](=O)[O-])cc3)cc12. The molecule has 0 amide bonds. The van der Waals surface area contributed by atoms with E-state index in [1.54, 1.807) is 19.1 Å². The Balaban J connectivity index is 1.71. The lowest BCUT2D eigenvalue weighted by atomic mass is 10.1. The van der Waals surface area contributed by atoms with Crippen molar-refractivity contribution in [2.75, 3.05) is 6.61 Å². The van der Waals surface area contributed by atoms with Crippen LogP contribution in [0.5, 0.6) is 5.75 Å². The fourth-order valence-electron chi connectivity index (χ4n) is 3.22. The Labute approximate surface area is 182 Å². The largest absolute Gasteiger partial charge is 0.462 e. The fraction of sp³-hybridized carbons (Fsp3) is 0.0833. The van der Waals surface area contributed by atoms with E-state index in [-0.39, 0.29) is 29.2 Å². The minimum absolute atomic E-state index is 0.131. The number of nitrogens with zero attached hydrogens (tertiary/aromatic N) is 1. The highest BCUT2D eigenvalue weighted by molar-refractivity contribution is 6.09. The third-order valence-electron chi connectivity index (χ3n) is 4.70. The summed E-state index contributed by atoms with van der Waals surface area (Å²) in [7, 11) is 0. The van der Waals surface area contributed by atoms with Crippen LogP contribution in [-0.4, -0.2) is 23.5 Å². The third kappa shape index (κ3) is 4.06. The van der Waals surface area contributed by atoms with Crippen molar-refractivity contribution in [3.05, 3.63) is 94.0 Å². The molecule has 0 radical (unpaired) electrons. The molecule has 0 spiro atoms. The van der Waals surface area contributed by atoms with E-state index in [4.69, 9.17) is 13.9 Å². The molecule has 0 aliphatic heterocycles. The van der Waals surface area contributed by atoms with Crippen LogP contribution >= 0.6 is 0 Å². The summed E-state index contributed by atoms with van der Waals surface area (Å²) in [6.07, 6.45) is 0. The summed E-state index contributed by atoms with van der Waals surface area (Å²) in [4.78, 5) is 35.4. The second kappa shape index (κ2) is 8.73. The van der Waals surface area contributed by atoms with Crippen LogP contribution in [0.4, 0.5) is 5.69 Å².